The van der Waals surface area contributed by atoms with Crippen molar-refractivity contribution < 1.29 is 19.4 Å². The lowest BCUT2D eigenvalue weighted by Crippen LogP contribution is -2.44. The summed E-state index contributed by atoms with van der Waals surface area (Å²) >= 11 is 2.20. The van der Waals surface area contributed by atoms with E-state index in [-0.39, 0.29) is 18.9 Å². The SMILES string of the molecule is CN(C(=O)OCC1c2ccccc2-c2ccccc21)[C@@H](Cc1ccc(I)cc1)C(=O)O. The number of carbonyl (C=O) groups is 2. The normalized spacial score (nSPS) is 13.2. The quantitative estimate of drug-likeness (QED) is 0.450. The van der Waals surface area contributed by atoms with Crippen LogP contribution in [0.5, 0.6) is 0 Å². The van der Waals surface area contributed by atoms with Crippen molar-refractivity contribution in [1.82, 2.24) is 4.90 Å². The van der Waals surface area contributed by atoms with Crippen LogP contribution in [0.4, 0.5) is 4.79 Å². The molecule has 0 heterocycles. The Balaban J connectivity index is 1.47. The monoisotopic (exact) mass is 527 g/mol. The number of carboxylic acid groups (broad SMARTS) is 1. The number of hydrogen-bond donors (Lipinski definition) is 1. The zero-order valence-electron chi connectivity index (χ0n) is 17.0. The minimum absolute atomic E-state index is 0.0655. The van der Waals surface area contributed by atoms with Gasteiger partial charge in [0.2, 0.25) is 0 Å². The summed E-state index contributed by atoms with van der Waals surface area (Å²) in [6.45, 7) is 0.160. The molecule has 0 aliphatic heterocycles. The summed E-state index contributed by atoms with van der Waals surface area (Å²) in [7, 11) is 1.48. The van der Waals surface area contributed by atoms with Gasteiger partial charge in [0.15, 0.2) is 0 Å². The van der Waals surface area contributed by atoms with Crippen LogP contribution in [-0.4, -0.2) is 41.8 Å². The van der Waals surface area contributed by atoms with E-state index in [2.05, 4.69) is 34.7 Å². The van der Waals surface area contributed by atoms with E-state index in [1.54, 1.807) is 0 Å². The van der Waals surface area contributed by atoms with Crippen molar-refractivity contribution in [2.75, 3.05) is 13.7 Å². The smallest absolute Gasteiger partial charge is 0.410 e. The van der Waals surface area contributed by atoms with Crippen LogP contribution in [0.2, 0.25) is 0 Å². The summed E-state index contributed by atoms with van der Waals surface area (Å²) in [6, 6.07) is 22.8. The topological polar surface area (TPSA) is 66.8 Å². The number of fused-ring (bicyclic) bond motifs is 3. The second-order valence-electron chi connectivity index (χ2n) is 7.60. The van der Waals surface area contributed by atoms with Crippen molar-refractivity contribution >= 4 is 34.7 Å². The van der Waals surface area contributed by atoms with Crippen LogP contribution in [0, 0.1) is 3.57 Å². The van der Waals surface area contributed by atoms with Gasteiger partial charge in [0.05, 0.1) is 0 Å². The molecule has 5 nitrogen and oxygen atoms in total. The number of amides is 1. The van der Waals surface area contributed by atoms with Crippen LogP contribution < -0.4 is 0 Å². The van der Waals surface area contributed by atoms with Crippen molar-refractivity contribution in [2.24, 2.45) is 0 Å². The molecule has 1 aliphatic rings. The molecule has 31 heavy (non-hydrogen) atoms. The van der Waals surface area contributed by atoms with Gasteiger partial charge < -0.3 is 9.84 Å². The number of halogens is 1. The second kappa shape index (κ2) is 9.09. The Morgan fingerprint density at radius 1 is 0.968 bits per heavy atom. The van der Waals surface area contributed by atoms with Crippen LogP contribution in [0.25, 0.3) is 11.1 Å². The Morgan fingerprint density at radius 2 is 1.52 bits per heavy atom. The molecule has 0 spiro atoms. The number of nitrogens with zero attached hydrogens (tertiary/aromatic N) is 1. The summed E-state index contributed by atoms with van der Waals surface area (Å²) in [5.41, 5.74) is 5.39. The fourth-order valence-corrected chi connectivity index (χ4v) is 4.42. The third-order valence-electron chi connectivity index (χ3n) is 5.72. The number of likely N-dealkylation sites (N-methyl/N-ethyl adjacent to an activating group) is 1. The van der Waals surface area contributed by atoms with Crippen LogP contribution in [0.15, 0.2) is 72.8 Å². The molecule has 4 rings (SSSR count). The van der Waals surface area contributed by atoms with Gasteiger partial charge in [-0.25, -0.2) is 9.59 Å². The van der Waals surface area contributed by atoms with E-state index >= 15 is 0 Å². The van der Waals surface area contributed by atoms with E-state index in [9.17, 15) is 14.7 Å². The molecule has 158 valence electrons. The fraction of sp³-hybridized carbons (Fsp3) is 0.200. The zero-order valence-corrected chi connectivity index (χ0v) is 19.2. The number of rotatable bonds is 6. The van der Waals surface area contributed by atoms with Crippen LogP contribution in [-0.2, 0) is 16.0 Å². The number of hydrogen-bond acceptors (Lipinski definition) is 3. The molecule has 3 aromatic rings. The average Bonchev–Trinajstić information content (AvgIpc) is 3.10. The van der Waals surface area contributed by atoms with Crippen molar-refractivity contribution in [1.29, 1.82) is 0 Å². The molecule has 1 amide bonds. The Hall–Kier alpha value is -2.87. The van der Waals surface area contributed by atoms with E-state index in [0.717, 1.165) is 31.4 Å². The molecule has 1 atom stereocenters. The average molecular weight is 527 g/mol. The highest BCUT2D eigenvalue weighted by molar-refractivity contribution is 14.1. The van der Waals surface area contributed by atoms with Crippen LogP contribution >= 0.6 is 22.6 Å². The van der Waals surface area contributed by atoms with E-state index < -0.39 is 18.1 Å². The first-order chi connectivity index (χ1) is 15.0. The van der Waals surface area contributed by atoms with Crippen molar-refractivity contribution in [3.05, 3.63) is 93.1 Å². The first kappa shape index (κ1) is 21.4. The lowest BCUT2D eigenvalue weighted by molar-refractivity contribution is -0.142. The van der Waals surface area contributed by atoms with Gasteiger partial charge in [-0.3, -0.25) is 4.90 Å². The summed E-state index contributed by atoms with van der Waals surface area (Å²) in [5.74, 6) is -1.13. The van der Waals surface area contributed by atoms with E-state index in [4.69, 9.17) is 4.74 Å². The zero-order chi connectivity index (χ0) is 22.0. The highest BCUT2D eigenvalue weighted by atomic mass is 127. The van der Waals surface area contributed by atoms with Gasteiger partial charge >= 0.3 is 12.1 Å². The number of benzene rings is 3. The number of ether oxygens (including phenoxy) is 1. The van der Waals surface area contributed by atoms with Gasteiger partial charge in [-0.2, -0.15) is 0 Å². The molecule has 6 heteroatoms. The second-order valence-corrected chi connectivity index (χ2v) is 8.85. The largest absolute Gasteiger partial charge is 0.480 e. The van der Waals surface area contributed by atoms with Gasteiger partial charge in [0.25, 0.3) is 0 Å². The van der Waals surface area contributed by atoms with E-state index in [0.29, 0.717) is 0 Å². The minimum Gasteiger partial charge on any atom is -0.480 e. The fourth-order valence-electron chi connectivity index (χ4n) is 4.06. The molecular formula is C25H22INO4. The molecule has 3 aromatic carbocycles. The third-order valence-corrected chi connectivity index (χ3v) is 6.44. The van der Waals surface area contributed by atoms with Crippen molar-refractivity contribution in [3.63, 3.8) is 0 Å². The molecule has 1 N–H and O–H groups in total. The first-order valence-corrected chi connectivity index (χ1v) is 11.1. The van der Waals surface area contributed by atoms with Gasteiger partial charge in [0.1, 0.15) is 12.6 Å². The summed E-state index contributed by atoms with van der Waals surface area (Å²) in [4.78, 5) is 25.8. The molecule has 0 unspecified atom stereocenters. The minimum atomic E-state index is -1.06. The molecule has 0 bridgehead atoms. The summed E-state index contributed by atoms with van der Waals surface area (Å²) in [6.07, 6.45) is -0.424. The van der Waals surface area contributed by atoms with Gasteiger partial charge in [-0.1, -0.05) is 60.7 Å². The van der Waals surface area contributed by atoms with Crippen molar-refractivity contribution in [2.45, 2.75) is 18.4 Å². The number of carbonyl (C=O) groups excluding carboxylic acids is 1. The Morgan fingerprint density at radius 3 is 2.06 bits per heavy atom. The molecule has 0 radical (unpaired) electrons. The maximum Gasteiger partial charge on any atom is 0.410 e. The Bertz CT molecular complexity index is 1070. The van der Waals surface area contributed by atoms with Gasteiger partial charge in [-0.15, -0.1) is 0 Å². The van der Waals surface area contributed by atoms with Gasteiger partial charge in [0, 0.05) is 23.0 Å². The van der Waals surface area contributed by atoms with Crippen molar-refractivity contribution in [3.8, 4) is 11.1 Å². The molecule has 0 fully saturated rings. The maximum absolute atomic E-state index is 12.8. The molecular weight excluding hydrogens is 505 g/mol. The van der Waals surface area contributed by atoms with Gasteiger partial charge in [-0.05, 0) is 62.5 Å². The molecule has 0 saturated carbocycles. The van der Waals surface area contributed by atoms with E-state index in [1.807, 2.05) is 60.7 Å². The molecule has 1 aliphatic carbocycles. The van der Waals surface area contributed by atoms with Crippen LogP contribution in [0.1, 0.15) is 22.6 Å². The molecule has 0 saturated heterocycles. The number of aliphatic carboxylic acids is 1. The van der Waals surface area contributed by atoms with E-state index in [1.165, 1.54) is 11.9 Å². The van der Waals surface area contributed by atoms with Crippen LogP contribution in [0.3, 0.4) is 0 Å². The lowest BCUT2D eigenvalue weighted by Gasteiger charge is -2.25. The lowest BCUT2D eigenvalue weighted by atomic mass is 9.98. The first-order valence-electron chi connectivity index (χ1n) is 10.0. The number of carboxylic acids is 1. The Kier molecular flexibility index (Phi) is 6.27. The molecule has 0 aromatic heterocycles. The third kappa shape index (κ3) is 4.44. The Labute approximate surface area is 194 Å². The highest BCUT2D eigenvalue weighted by Crippen LogP contribution is 2.44. The maximum atomic E-state index is 12.8. The highest BCUT2D eigenvalue weighted by Gasteiger charge is 2.32. The summed E-state index contributed by atoms with van der Waals surface area (Å²) < 4.78 is 6.68. The standard InChI is InChI=1S/C25H22INO4/c1-27(23(24(28)29)14-16-10-12-17(26)13-11-16)25(30)31-15-22-20-8-4-2-6-18(20)19-7-3-5-9-21(19)22/h2-13,22-23H,14-15H2,1H3,(H,28,29)/t23-/m0/s1. The predicted molar refractivity (Wildman–Crippen MR) is 127 cm³/mol. The summed E-state index contributed by atoms with van der Waals surface area (Å²) in [5, 5.41) is 9.70. The predicted octanol–water partition coefficient (Wildman–Crippen LogP) is 5.17.